The van der Waals surface area contributed by atoms with Crippen molar-refractivity contribution < 1.29 is 0 Å². The van der Waals surface area contributed by atoms with Gasteiger partial charge < -0.3 is 16.8 Å². The Kier molecular flexibility index (Phi) is 2.54. The Bertz CT molecular complexity index is 265. The number of nitrogens with one attached hydrogen (secondary N) is 1. The maximum absolute atomic E-state index is 5.76. The highest BCUT2D eigenvalue weighted by atomic mass is 15.3. The third-order valence-electron chi connectivity index (χ3n) is 1.71. The Morgan fingerprint density at radius 3 is 2.67 bits per heavy atom. The molecule has 0 aliphatic carbocycles. The van der Waals surface area contributed by atoms with Crippen molar-refractivity contribution in [3.8, 4) is 0 Å². The van der Waals surface area contributed by atoms with E-state index in [4.69, 9.17) is 11.5 Å². The molecule has 68 valence electrons. The lowest BCUT2D eigenvalue weighted by molar-refractivity contribution is 0.758. The van der Waals surface area contributed by atoms with E-state index in [2.05, 4.69) is 10.4 Å². The summed E-state index contributed by atoms with van der Waals surface area (Å²) in [6.45, 7) is 3.18. The molecule has 0 aromatic carbocycles. The summed E-state index contributed by atoms with van der Waals surface area (Å²) in [5, 5.41) is 7.25. The highest BCUT2D eigenvalue weighted by molar-refractivity contribution is 5.64. The van der Waals surface area contributed by atoms with Gasteiger partial charge in [-0.1, -0.05) is 0 Å². The summed E-state index contributed by atoms with van der Waals surface area (Å²) in [5.74, 6) is 0.845. The van der Waals surface area contributed by atoms with Crippen molar-refractivity contribution in [2.45, 2.75) is 6.92 Å². The predicted molar refractivity (Wildman–Crippen MR) is 49.9 cm³/mol. The van der Waals surface area contributed by atoms with Crippen molar-refractivity contribution in [3.05, 3.63) is 5.69 Å². The summed E-state index contributed by atoms with van der Waals surface area (Å²) in [4.78, 5) is 0. The van der Waals surface area contributed by atoms with E-state index in [9.17, 15) is 0 Å². The highest BCUT2D eigenvalue weighted by Gasteiger charge is 2.07. The topological polar surface area (TPSA) is 81.9 Å². The van der Waals surface area contributed by atoms with Crippen LogP contribution >= 0.6 is 0 Å². The Morgan fingerprint density at radius 1 is 1.58 bits per heavy atom. The number of nitrogens with zero attached hydrogens (tertiary/aromatic N) is 2. The summed E-state index contributed by atoms with van der Waals surface area (Å²) in [6, 6.07) is 0. The molecule has 0 radical (unpaired) electrons. The van der Waals surface area contributed by atoms with Gasteiger partial charge in [-0.25, -0.2) is 0 Å². The van der Waals surface area contributed by atoms with Gasteiger partial charge in [0.1, 0.15) is 5.82 Å². The summed E-state index contributed by atoms with van der Waals surface area (Å²) in [7, 11) is 1.85. The minimum absolute atomic E-state index is 0.587. The van der Waals surface area contributed by atoms with E-state index < -0.39 is 0 Å². The van der Waals surface area contributed by atoms with Gasteiger partial charge in [-0.2, -0.15) is 5.10 Å². The molecule has 0 fully saturated rings. The van der Waals surface area contributed by atoms with Gasteiger partial charge in [-0.15, -0.1) is 0 Å². The van der Waals surface area contributed by atoms with Gasteiger partial charge in [-0.05, 0) is 6.92 Å². The van der Waals surface area contributed by atoms with Gasteiger partial charge in [-0.3, -0.25) is 4.68 Å². The van der Waals surface area contributed by atoms with Crippen LogP contribution in [0.1, 0.15) is 5.69 Å². The number of nitrogen functional groups attached to an aromatic ring is 1. The molecule has 1 aromatic rings. The average Bonchev–Trinajstić information content (AvgIpc) is 2.25. The number of aromatic nitrogens is 2. The first-order valence-corrected chi connectivity index (χ1v) is 3.89. The Hall–Kier alpha value is -1.23. The largest absolute Gasteiger partial charge is 0.394 e. The van der Waals surface area contributed by atoms with Crippen LogP contribution in [0.3, 0.4) is 0 Å². The smallest absolute Gasteiger partial charge is 0.147 e. The highest BCUT2D eigenvalue weighted by Crippen LogP contribution is 2.19. The molecule has 5 heteroatoms. The van der Waals surface area contributed by atoms with Crippen molar-refractivity contribution in [1.82, 2.24) is 9.78 Å². The Balaban J connectivity index is 2.82. The summed E-state index contributed by atoms with van der Waals surface area (Å²) >= 11 is 0. The van der Waals surface area contributed by atoms with E-state index in [1.807, 2.05) is 14.0 Å². The third-order valence-corrected chi connectivity index (χ3v) is 1.71. The van der Waals surface area contributed by atoms with Crippen LogP contribution < -0.4 is 16.8 Å². The van der Waals surface area contributed by atoms with Gasteiger partial charge in [0, 0.05) is 20.1 Å². The van der Waals surface area contributed by atoms with Gasteiger partial charge in [0.15, 0.2) is 0 Å². The van der Waals surface area contributed by atoms with Crippen molar-refractivity contribution in [2.75, 3.05) is 24.1 Å². The first-order valence-electron chi connectivity index (χ1n) is 3.89. The van der Waals surface area contributed by atoms with E-state index in [-0.39, 0.29) is 0 Å². The van der Waals surface area contributed by atoms with Gasteiger partial charge in [0.05, 0.1) is 11.4 Å². The molecule has 0 unspecified atom stereocenters. The van der Waals surface area contributed by atoms with Crippen molar-refractivity contribution in [3.63, 3.8) is 0 Å². The van der Waals surface area contributed by atoms with Crippen LogP contribution in [0, 0.1) is 6.92 Å². The molecule has 0 spiro atoms. The van der Waals surface area contributed by atoms with E-state index in [1.165, 1.54) is 0 Å². The Morgan fingerprint density at radius 2 is 2.25 bits per heavy atom. The molecule has 1 rings (SSSR count). The minimum atomic E-state index is 0.587. The van der Waals surface area contributed by atoms with Crippen molar-refractivity contribution in [1.29, 1.82) is 0 Å². The first-order chi connectivity index (χ1) is 5.66. The SMILES string of the molecule is Cc1nn(C)c(NCCN)c1N. The molecule has 0 saturated carbocycles. The molecule has 0 bridgehead atoms. The molecule has 0 aliphatic rings. The molecule has 0 atom stereocenters. The molecule has 0 saturated heterocycles. The van der Waals surface area contributed by atoms with Crippen LogP contribution in [0.4, 0.5) is 11.5 Å². The fourth-order valence-electron chi connectivity index (χ4n) is 1.07. The average molecular weight is 169 g/mol. The van der Waals surface area contributed by atoms with Crippen LogP contribution in [0.15, 0.2) is 0 Å². The molecule has 1 aromatic heterocycles. The lowest BCUT2D eigenvalue weighted by atomic mass is 10.4. The zero-order valence-electron chi connectivity index (χ0n) is 7.46. The molecule has 5 N–H and O–H groups in total. The molecule has 5 nitrogen and oxygen atoms in total. The van der Waals surface area contributed by atoms with Crippen molar-refractivity contribution in [2.24, 2.45) is 12.8 Å². The zero-order chi connectivity index (χ0) is 9.14. The summed E-state index contributed by atoms with van der Waals surface area (Å²) in [6.07, 6.45) is 0. The summed E-state index contributed by atoms with van der Waals surface area (Å²) in [5.41, 5.74) is 12.7. The van der Waals surface area contributed by atoms with Gasteiger partial charge in [0.25, 0.3) is 0 Å². The first kappa shape index (κ1) is 8.86. The second kappa shape index (κ2) is 3.44. The third kappa shape index (κ3) is 1.50. The van der Waals surface area contributed by atoms with Gasteiger partial charge >= 0.3 is 0 Å². The zero-order valence-corrected chi connectivity index (χ0v) is 7.46. The van der Waals surface area contributed by atoms with Crippen LogP contribution in [0.2, 0.25) is 0 Å². The molecular weight excluding hydrogens is 154 g/mol. The van der Waals surface area contributed by atoms with E-state index in [1.54, 1.807) is 4.68 Å². The summed E-state index contributed by atoms with van der Waals surface area (Å²) < 4.78 is 1.72. The van der Waals surface area contributed by atoms with E-state index in [0.29, 0.717) is 18.8 Å². The lowest BCUT2D eigenvalue weighted by Gasteiger charge is -2.04. The lowest BCUT2D eigenvalue weighted by Crippen LogP contribution is -2.15. The van der Waals surface area contributed by atoms with Crippen molar-refractivity contribution >= 4 is 11.5 Å². The quantitative estimate of drug-likeness (QED) is 0.579. The monoisotopic (exact) mass is 169 g/mol. The molecular formula is C7H15N5. The fraction of sp³-hybridized carbons (Fsp3) is 0.571. The molecule has 1 heterocycles. The number of aryl methyl sites for hydroxylation is 2. The Labute approximate surface area is 71.7 Å². The molecule has 12 heavy (non-hydrogen) atoms. The number of rotatable bonds is 3. The van der Waals surface area contributed by atoms with Gasteiger partial charge in [0.2, 0.25) is 0 Å². The van der Waals surface area contributed by atoms with Crippen LogP contribution in [-0.4, -0.2) is 22.9 Å². The number of hydrogen-bond acceptors (Lipinski definition) is 4. The number of anilines is 2. The van der Waals surface area contributed by atoms with Crippen LogP contribution in [-0.2, 0) is 7.05 Å². The maximum atomic E-state index is 5.76. The predicted octanol–water partition coefficient (Wildman–Crippen LogP) is -0.319. The van der Waals surface area contributed by atoms with Crippen LogP contribution in [0.5, 0.6) is 0 Å². The van der Waals surface area contributed by atoms with E-state index in [0.717, 1.165) is 11.5 Å². The maximum Gasteiger partial charge on any atom is 0.147 e. The number of nitrogens with two attached hydrogens (primary N) is 2. The molecule has 0 aliphatic heterocycles. The second-order valence-corrected chi connectivity index (χ2v) is 2.69. The molecule has 0 amide bonds. The fourth-order valence-corrected chi connectivity index (χ4v) is 1.07. The second-order valence-electron chi connectivity index (χ2n) is 2.69. The van der Waals surface area contributed by atoms with E-state index >= 15 is 0 Å². The standard InChI is InChI=1S/C7H15N5/c1-5-6(9)7(10-4-3-8)12(2)11-5/h10H,3-4,8-9H2,1-2H3. The number of hydrogen-bond donors (Lipinski definition) is 3. The minimum Gasteiger partial charge on any atom is -0.394 e. The normalized spacial score (nSPS) is 10.2. The van der Waals surface area contributed by atoms with Crippen LogP contribution in [0.25, 0.3) is 0 Å².